The standard InChI is InChI=1S/C16H26BrNS/c1-3-18-16(15-11-14(17)12(2)19-15)13-9-7-5-4-6-8-10-13/h11,13,16,18H,3-10H2,1-2H3. The molecular weight excluding hydrogens is 318 g/mol. The Labute approximate surface area is 130 Å². The number of hydrogen-bond donors (Lipinski definition) is 1. The van der Waals surface area contributed by atoms with Crippen LogP contribution in [0.25, 0.3) is 0 Å². The van der Waals surface area contributed by atoms with Gasteiger partial charge in [0.25, 0.3) is 0 Å². The maximum atomic E-state index is 3.75. The van der Waals surface area contributed by atoms with Crippen LogP contribution >= 0.6 is 27.3 Å². The highest BCUT2D eigenvalue weighted by atomic mass is 79.9. The van der Waals surface area contributed by atoms with Crippen LogP contribution in [0.15, 0.2) is 10.5 Å². The molecule has 1 heterocycles. The first-order chi connectivity index (χ1) is 9.22. The summed E-state index contributed by atoms with van der Waals surface area (Å²) in [6, 6.07) is 2.91. The van der Waals surface area contributed by atoms with Crippen LogP contribution in [0.2, 0.25) is 0 Å². The molecule has 1 aliphatic carbocycles. The molecule has 0 bridgehead atoms. The second-order valence-corrected chi connectivity index (χ2v) is 7.84. The van der Waals surface area contributed by atoms with E-state index in [1.165, 1.54) is 59.2 Å². The Hall–Kier alpha value is 0.140. The number of thiophene rings is 1. The van der Waals surface area contributed by atoms with E-state index in [1.54, 1.807) is 0 Å². The van der Waals surface area contributed by atoms with E-state index in [0.717, 1.165) is 12.5 Å². The van der Waals surface area contributed by atoms with E-state index in [4.69, 9.17) is 0 Å². The summed E-state index contributed by atoms with van der Waals surface area (Å²) >= 11 is 5.63. The Morgan fingerprint density at radius 1 is 1.26 bits per heavy atom. The lowest BCUT2D eigenvalue weighted by molar-refractivity contribution is 0.294. The van der Waals surface area contributed by atoms with Gasteiger partial charge in [0, 0.05) is 20.3 Å². The Morgan fingerprint density at radius 2 is 1.89 bits per heavy atom. The second-order valence-electron chi connectivity index (χ2n) is 5.69. The van der Waals surface area contributed by atoms with Gasteiger partial charge in [-0.15, -0.1) is 11.3 Å². The lowest BCUT2D eigenvalue weighted by Gasteiger charge is -2.28. The predicted octanol–water partition coefficient (Wildman–Crippen LogP) is 5.83. The van der Waals surface area contributed by atoms with Crippen LogP contribution in [0.3, 0.4) is 0 Å². The number of halogens is 1. The summed E-state index contributed by atoms with van der Waals surface area (Å²) in [6.45, 7) is 5.50. The first-order valence-electron chi connectivity index (χ1n) is 7.71. The van der Waals surface area contributed by atoms with Crippen molar-refractivity contribution < 1.29 is 0 Å². The van der Waals surface area contributed by atoms with E-state index in [0.29, 0.717) is 6.04 Å². The van der Waals surface area contributed by atoms with Gasteiger partial charge in [-0.2, -0.15) is 0 Å². The minimum absolute atomic E-state index is 0.568. The van der Waals surface area contributed by atoms with Crippen LogP contribution in [0.5, 0.6) is 0 Å². The van der Waals surface area contributed by atoms with E-state index in [-0.39, 0.29) is 0 Å². The molecule has 2 rings (SSSR count). The fourth-order valence-electron chi connectivity index (χ4n) is 3.18. The minimum atomic E-state index is 0.568. The summed E-state index contributed by atoms with van der Waals surface area (Å²) in [4.78, 5) is 2.93. The Kier molecular flexibility index (Phi) is 6.37. The molecule has 1 unspecified atom stereocenters. The Morgan fingerprint density at radius 3 is 2.42 bits per heavy atom. The van der Waals surface area contributed by atoms with Gasteiger partial charge < -0.3 is 5.32 Å². The smallest absolute Gasteiger partial charge is 0.0443 e. The number of aryl methyl sites for hydroxylation is 1. The van der Waals surface area contributed by atoms with Crippen molar-refractivity contribution in [3.8, 4) is 0 Å². The maximum absolute atomic E-state index is 3.75. The van der Waals surface area contributed by atoms with Crippen LogP contribution in [0.1, 0.15) is 67.7 Å². The van der Waals surface area contributed by atoms with Gasteiger partial charge >= 0.3 is 0 Å². The minimum Gasteiger partial charge on any atom is -0.309 e. The lowest BCUT2D eigenvalue weighted by Crippen LogP contribution is -2.28. The van der Waals surface area contributed by atoms with E-state index < -0.39 is 0 Å². The summed E-state index contributed by atoms with van der Waals surface area (Å²) in [5, 5.41) is 3.75. The molecule has 1 aliphatic rings. The topological polar surface area (TPSA) is 12.0 Å². The lowest BCUT2D eigenvalue weighted by atomic mass is 9.85. The fourth-order valence-corrected chi connectivity index (χ4v) is 4.91. The Balaban J connectivity index is 2.12. The molecule has 108 valence electrons. The number of hydrogen-bond acceptors (Lipinski definition) is 2. The van der Waals surface area contributed by atoms with E-state index >= 15 is 0 Å². The third-order valence-corrected chi connectivity index (χ3v) is 6.45. The molecule has 1 atom stereocenters. The summed E-state index contributed by atoms with van der Waals surface area (Å²) in [7, 11) is 0. The summed E-state index contributed by atoms with van der Waals surface area (Å²) in [5.74, 6) is 0.824. The number of nitrogens with one attached hydrogen (secondary N) is 1. The summed E-state index contributed by atoms with van der Waals surface area (Å²) in [6.07, 6.45) is 9.93. The molecule has 0 aliphatic heterocycles. The van der Waals surface area contributed by atoms with Crippen molar-refractivity contribution in [2.45, 2.75) is 64.8 Å². The first kappa shape index (κ1) is 15.5. The normalized spacial score (nSPS) is 19.9. The van der Waals surface area contributed by atoms with Gasteiger partial charge in [-0.25, -0.2) is 0 Å². The van der Waals surface area contributed by atoms with Crippen LogP contribution in [0.4, 0.5) is 0 Å². The molecule has 1 aromatic heterocycles. The molecule has 0 amide bonds. The van der Waals surface area contributed by atoms with Gasteiger partial charge in [-0.1, -0.05) is 39.0 Å². The van der Waals surface area contributed by atoms with Crippen LogP contribution in [-0.2, 0) is 0 Å². The van der Waals surface area contributed by atoms with Crippen molar-refractivity contribution in [2.75, 3.05) is 6.54 Å². The van der Waals surface area contributed by atoms with Gasteiger partial charge in [-0.3, -0.25) is 0 Å². The monoisotopic (exact) mass is 343 g/mol. The zero-order chi connectivity index (χ0) is 13.7. The van der Waals surface area contributed by atoms with Crippen molar-refractivity contribution in [3.63, 3.8) is 0 Å². The van der Waals surface area contributed by atoms with Gasteiger partial charge in [0.15, 0.2) is 0 Å². The highest BCUT2D eigenvalue weighted by Crippen LogP contribution is 2.38. The fraction of sp³-hybridized carbons (Fsp3) is 0.750. The molecule has 1 nitrogen and oxygen atoms in total. The maximum Gasteiger partial charge on any atom is 0.0443 e. The van der Waals surface area contributed by atoms with Gasteiger partial charge in [0.2, 0.25) is 0 Å². The summed E-state index contributed by atoms with van der Waals surface area (Å²) in [5.41, 5.74) is 0. The average molecular weight is 344 g/mol. The molecule has 1 N–H and O–H groups in total. The first-order valence-corrected chi connectivity index (χ1v) is 9.32. The molecule has 19 heavy (non-hydrogen) atoms. The van der Waals surface area contributed by atoms with Crippen molar-refractivity contribution in [3.05, 3.63) is 20.3 Å². The van der Waals surface area contributed by atoms with E-state index in [1.807, 2.05) is 11.3 Å². The second kappa shape index (κ2) is 7.80. The van der Waals surface area contributed by atoms with Crippen LogP contribution < -0.4 is 5.32 Å². The van der Waals surface area contributed by atoms with Crippen molar-refractivity contribution in [1.29, 1.82) is 0 Å². The highest BCUT2D eigenvalue weighted by molar-refractivity contribution is 9.10. The van der Waals surface area contributed by atoms with Crippen LogP contribution in [0, 0.1) is 12.8 Å². The molecule has 1 saturated carbocycles. The van der Waals surface area contributed by atoms with Crippen molar-refractivity contribution >= 4 is 27.3 Å². The third-order valence-electron chi connectivity index (χ3n) is 4.23. The zero-order valence-corrected chi connectivity index (χ0v) is 14.6. The van der Waals surface area contributed by atoms with Gasteiger partial charge in [-0.05, 0) is 54.2 Å². The highest BCUT2D eigenvalue weighted by Gasteiger charge is 2.24. The molecule has 0 spiro atoms. The molecule has 3 heteroatoms. The van der Waals surface area contributed by atoms with Gasteiger partial charge in [0.1, 0.15) is 0 Å². The zero-order valence-electron chi connectivity index (χ0n) is 12.2. The molecule has 0 radical (unpaired) electrons. The summed E-state index contributed by atoms with van der Waals surface area (Å²) < 4.78 is 1.28. The molecule has 1 fully saturated rings. The quantitative estimate of drug-likeness (QED) is 0.724. The molecule has 0 aromatic carbocycles. The van der Waals surface area contributed by atoms with Crippen LogP contribution in [-0.4, -0.2) is 6.54 Å². The van der Waals surface area contributed by atoms with E-state index in [2.05, 4.69) is 41.2 Å². The van der Waals surface area contributed by atoms with Gasteiger partial charge in [0.05, 0.1) is 0 Å². The van der Waals surface area contributed by atoms with Crippen molar-refractivity contribution in [2.24, 2.45) is 5.92 Å². The van der Waals surface area contributed by atoms with Crippen molar-refractivity contribution in [1.82, 2.24) is 5.32 Å². The molecule has 0 saturated heterocycles. The molecular formula is C16H26BrNS. The Bertz CT molecular complexity index is 361. The predicted molar refractivity (Wildman–Crippen MR) is 89.0 cm³/mol. The third kappa shape index (κ3) is 4.30. The van der Waals surface area contributed by atoms with E-state index in [9.17, 15) is 0 Å². The largest absolute Gasteiger partial charge is 0.309 e. The SMILES string of the molecule is CCNC(c1cc(Br)c(C)s1)C1CCCCCCC1. The molecule has 1 aromatic rings. The average Bonchev–Trinajstić information content (AvgIpc) is 2.67. The number of rotatable bonds is 4.